The molecule has 30 heavy (non-hydrogen) atoms. The van der Waals surface area contributed by atoms with E-state index in [-0.39, 0.29) is 16.9 Å². The number of benzene rings is 2. The van der Waals surface area contributed by atoms with Crippen molar-refractivity contribution >= 4 is 49.0 Å². The van der Waals surface area contributed by atoms with Crippen LogP contribution in [0.3, 0.4) is 0 Å². The average Bonchev–Trinajstić information content (AvgIpc) is 2.66. The molecule has 0 N–H and O–H groups in total. The number of fused-ring (bicyclic) bond motifs is 1. The van der Waals surface area contributed by atoms with Gasteiger partial charge in [0, 0.05) is 20.4 Å². The van der Waals surface area contributed by atoms with E-state index >= 15 is 0 Å². The molecular formula is C23H25Br2N3O2. The Morgan fingerprint density at radius 3 is 2.47 bits per heavy atom. The summed E-state index contributed by atoms with van der Waals surface area (Å²) in [4.78, 5) is 17.9. The van der Waals surface area contributed by atoms with Crippen molar-refractivity contribution in [1.82, 2.24) is 9.66 Å². The molecule has 0 unspecified atom stereocenters. The zero-order chi connectivity index (χ0) is 22.1. The zero-order valence-corrected chi connectivity index (χ0v) is 20.9. The van der Waals surface area contributed by atoms with Crippen LogP contribution in [-0.4, -0.2) is 22.5 Å². The minimum atomic E-state index is -0.201. The fourth-order valence-electron chi connectivity index (χ4n) is 2.82. The molecule has 0 aliphatic carbocycles. The maximum atomic E-state index is 13.2. The van der Waals surface area contributed by atoms with E-state index in [0.29, 0.717) is 29.1 Å². The van der Waals surface area contributed by atoms with Crippen LogP contribution in [0.25, 0.3) is 10.9 Å². The van der Waals surface area contributed by atoms with Gasteiger partial charge in [-0.3, -0.25) is 4.79 Å². The molecular weight excluding hydrogens is 510 g/mol. The number of nitrogens with zero attached hydrogens (tertiary/aromatic N) is 3. The summed E-state index contributed by atoms with van der Waals surface area (Å²) in [5.74, 6) is 1.35. The second-order valence-electron chi connectivity index (χ2n) is 8.68. The Hall–Kier alpha value is -1.99. The van der Waals surface area contributed by atoms with E-state index in [1.54, 1.807) is 12.3 Å². The molecule has 2 aromatic carbocycles. The molecule has 0 spiro atoms. The molecule has 158 valence electrons. The van der Waals surface area contributed by atoms with E-state index < -0.39 is 0 Å². The number of ether oxygens (including phenoxy) is 1. The number of hydrogen-bond acceptors (Lipinski definition) is 4. The number of halogens is 2. The Balaban J connectivity index is 2.10. The third kappa shape index (κ3) is 5.38. The second kappa shape index (κ2) is 9.02. The van der Waals surface area contributed by atoms with E-state index in [9.17, 15) is 4.79 Å². The van der Waals surface area contributed by atoms with Crippen LogP contribution in [-0.2, 0) is 0 Å². The first-order chi connectivity index (χ1) is 14.0. The van der Waals surface area contributed by atoms with Crippen molar-refractivity contribution in [3.05, 3.63) is 67.1 Å². The topological polar surface area (TPSA) is 56.5 Å². The first-order valence-electron chi connectivity index (χ1n) is 9.74. The van der Waals surface area contributed by atoms with Crippen LogP contribution in [0.5, 0.6) is 5.75 Å². The van der Waals surface area contributed by atoms with Crippen LogP contribution < -0.4 is 10.3 Å². The third-order valence-electron chi connectivity index (χ3n) is 4.29. The lowest BCUT2D eigenvalue weighted by Crippen LogP contribution is -2.23. The predicted molar refractivity (Wildman–Crippen MR) is 130 cm³/mol. The molecule has 0 amide bonds. The number of hydrogen-bond donors (Lipinski definition) is 0. The summed E-state index contributed by atoms with van der Waals surface area (Å²) in [6, 6.07) is 11.2. The Morgan fingerprint density at radius 1 is 1.13 bits per heavy atom. The first kappa shape index (κ1) is 22.7. The molecule has 0 fully saturated rings. The maximum absolute atomic E-state index is 13.2. The smallest absolute Gasteiger partial charge is 0.282 e. The molecule has 5 nitrogen and oxygen atoms in total. The molecule has 0 aliphatic heterocycles. The number of aromatic nitrogens is 2. The molecule has 3 rings (SSSR count). The maximum Gasteiger partial charge on any atom is 0.282 e. The van der Waals surface area contributed by atoms with Crippen molar-refractivity contribution in [3.63, 3.8) is 0 Å². The van der Waals surface area contributed by atoms with Gasteiger partial charge in [0.2, 0.25) is 0 Å². The van der Waals surface area contributed by atoms with Crippen molar-refractivity contribution in [3.8, 4) is 5.75 Å². The summed E-state index contributed by atoms with van der Waals surface area (Å²) in [6.07, 6.45) is 1.65. The highest BCUT2D eigenvalue weighted by Crippen LogP contribution is 2.25. The van der Waals surface area contributed by atoms with Crippen molar-refractivity contribution < 1.29 is 4.74 Å². The van der Waals surface area contributed by atoms with Gasteiger partial charge in [0.25, 0.3) is 5.56 Å². The Kier molecular flexibility index (Phi) is 6.82. The molecule has 0 atom stereocenters. The Bertz CT molecular complexity index is 1160. The van der Waals surface area contributed by atoms with Gasteiger partial charge in [0.15, 0.2) is 0 Å². The molecule has 0 aliphatic rings. The second-order valence-corrected chi connectivity index (χ2v) is 10.5. The van der Waals surface area contributed by atoms with Crippen LogP contribution >= 0.6 is 31.9 Å². The van der Waals surface area contributed by atoms with E-state index in [1.807, 2.05) is 44.2 Å². The monoisotopic (exact) mass is 533 g/mol. The van der Waals surface area contributed by atoms with Crippen molar-refractivity contribution in [1.29, 1.82) is 0 Å². The predicted octanol–water partition coefficient (Wildman–Crippen LogP) is 6.35. The highest BCUT2D eigenvalue weighted by molar-refractivity contribution is 9.10. The van der Waals surface area contributed by atoms with Crippen molar-refractivity contribution in [2.45, 2.75) is 40.5 Å². The lowest BCUT2D eigenvalue weighted by Gasteiger charge is -2.20. The zero-order valence-electron chi connectivity index (χ0n) is 17.7. The molecule has 1 aromatic heterocycles. The van der Waals surface area contributed by atoms with Gasteiger partial charge in [-0.25, -0.2) is 4.98 Å². The molecule has 7 heteroatoms. The fraction of sp³-hybridized carbons (Fsp3) is 0.348. The third-order valence-corrected chi connectivity index (χ3v) is 5.28. The lowest BCUT2D eigenvalue weighted by molar-refractivity contribution is 0.197. The summed E-state index contributed by atoms with van der Waals surface area (Å²) in [5, 5.41) is 5.04. The van der Waals surface area contributed by atoms with E-state index in [4.69, 9.17) is 4.74 Å². The van der Waals surface area contributed by atoms with Gasteiger partial charge in [0.1, 0.15) is 11.6 Å². The largest absolute Gasteiger partial charge is 0.492 e. The molecule has 0 radical (unpaired) electrons. The Labute approximate surface area is 193 Å². The Morgan fingerprint density at radius 2 is 1.80 bits per heavy atom. The van der Waals surface area contributed by atoms with Crippen LogP contribution in [0.15, 0.2) is 55.2 Å². The van der Waals surface area contributed by atoms with Gasteiger partial charge >= 0.3 is 0 Å². The number of rotatable bonds is 5. The normalized spacial score (nSPS) is 12.3. The van der Waals surface area contributed by atoms with E-state index in [0.717, 1.165) is 14.5 Å². The molecule has 0 saturated heterocycles. The lowest BCUT2D eigenvalue weighted by atomic mass is 9.99. The van der Waals surface area contributed by atoms with Gasteiger partial charge in [-0.1, -0.05) is 66.5 Å². The minimum Gasteiger partial charge on any atom is -0.492 e. The van der Waals surface area contributed by atoms with Gasteiger partial charge in [-0.15, -0.1) is 0 Å². The highest BCUT2D eigenvalue weighted by atomic mass is 79.9. The van der Waals surface area contributed by atoms with Gasteiger partial charge in [0.05, 0.1) is 23.7 Å². The minimum absolute atomic E-state index is 0.0267. The van der Waals surface area contributed by atoms with Crippen LogP contribution in [0.2, 0.25) is 0 Å². The summed E-state index contributed by atoms with van der Waals surface area (Å²) in [5.41, 5.74) is 1.27. The van der Waals surface area contributed by atoms with Crippen molar-refractivity contribution in [2.75, 3.05) is 6.61 Å². The fourth-order valence-corrected chi connectivity index (χ4v) is 3.56. The molecule has 0 bridgehead atoms. The van der Waals surface area contributed by atoms with E-state index in [2.05, 4.69) is 62.7 Å². The quantitative estimate of drug-likeness (QED) is 0.358. The van der Waals surface area contributed by atoms with Gasteiger partial charge in [-0.05, 0) is 41.8 Å². The van der Waals surface area contributed by atoms with Gasteiger partial charge in [-0.2, -0.15) is 9.78 Å². The van der Waals surface area contributed by atoms with Crippen LogP contribution in [0.1, 0.15) is 51.9 Å². The van der Waals surface area contributed by atoms with Crippen LogP contribution in [0, 0.1) is 5.41 Å². The molecule has 0 saturated carbocycles. The summed E-state index contributed by atoms with van der Waals surface area (Å²) < 4.78 is 9.13. The standard InChI is InChI=1S/C23H25Br2N3O2/c1-14(2)21-27-19-8-6-17(25)11-18(19)22(29)28(21)26-12-15-10-16(24)7-9-20(15)30-13-23(3,4)5/h6-12,14H,13H2,1-5H3. The summed E-state index contributed by atoms with van der Waals surface area (Å²) >= 11 is 6.93. The first-order valence-corrected chi connectivity index (χ1v) is 11.3. The van der Waals surface area contributed by atoms with Gasteiger partial charge < -0.3 is 4.74 Å². The average molecular weight is 535 g/mol. The summed E-state index contributed by atoms with van der Waals surface area (Å²) in [6.45, 7) is 10.9. The molecule has 3 aromatic rings. The van der Waals surface area contributed by atoms with E-state index in [1.165, 1.54) is 4.68 Å². The summed E-state index contributed by atoms with van der Waals surface area (Å²) in [7, 11) is 0. The SMILES string of the molecule is CC(C)c1nc2ccc(Br)cc2c(=O)n1N=Cc1cc(Br)ccc1OCC(C)(C)C. The molecule has 1 heterocycles. The van der Waals surface area contributed by atoms with Crippen LogP contribution in [0.4, 0.5) is 0 Å². The highest BCUT2D eigenvalue weighted by Gasteiger charge is 2.15. The van der Waals surface area contributed by atoms with Crippen molar-refractivity contribution in [2.24, 2.45) is 10.5 Å².